The van der Waals surface area contributed by atoms with Gasteiger partial charge >= 0.3 is 0 Å². The van der Waals surface area contributed by atoms with Gasteiger partial charge in [0.05, 0.1) is 12.7 Å². The zero-order chi connectivity index (χ0) is 14.8. The second-order valence-corrected chi connectivity index (χ2v) is 5.12. The highest BCUT2D eigenvalue weighted by atomic mass is 19.1. The van der Waals surface area contributed by atoms with Gasteiger partial charge in [0, 0.05) is 27.1 Å². The summed E-state index contributed by atoms with van der Waals surface area (Å²) in [6.45, 7) is 3.81. The van der Waals surface area contributed by atoms with Gasteiger partial charge in [-0.2, -0.15) is 9.97 Å². The summed E-state index contributed by atoms with van der Waals surface area (Å²) >= 11 is 0. The van der Waals surface area contributed by atoms with Gasteiger partial charge < -0.3 is 14.3 Å². The van der Waals surface area contributed by atoms with E-state index in [0.717, 1.165) is 25.9 Å². The minimum atomic E-state index is -0.385. The molecule has 1 aliphatic rings. The number of nitrogens with zero attached hydrogens (tertiary/aromatic N) is 6. The highest BCUT2D eigenvalue weighted by Crippen LogP contribution is 2.23. The summed E-state index contributed by atoms with van der Waals surface area (Å²) in [5.74, 6) is 1.49. The van der Waals surface area contributed by atoms with E-state index in [9.17, 15) is 4.39 Å². The van der Waals surface area contributed by atoms with Gasteiger partial charge in [-0.15, -0.1) is 0 Å². The van der Waals surface area contributed by atoms with Crippen molar-refractivity contribution in [3.63, 3.8) is 0 Å². The minimum absolute atomic E-state index is 0.369. The maximum absolute atomic E-state index is 13.9. The van der Waals surface area contributed by atoms with E-state index in [0.29, 0.717) is 30.0 Å². The van der Waals surface area contributed by atoms with Crippen molar-refractivity contribution in [2.45, 2.75) is 26.3 Å². The molecule has 112 valence electrons. The van der Waals surface area contributed by atoms with Crippen molar-refractivity contribution in [2.75, 3.05) is 29.9 Å². The number of anilines is 2. The molecule has 21 heavy (non-hydrogen) atoms. The van der Waals surface area contributed by atoms with Gasteiger partial charge in [0.2, 0.25) is 11.8 Å². The molecule has 3 rings (SSSR count). The maximum atomic E-state index is 13.9. The van der Waals surface area contributed by atoms with Crippen LogP contribution in [0.3, 0.4) is 0 Å². The van der Waals surface area contributed by atoms with Crippen LogP contribution >= 0.6 is 0 Å². The number of rotatable bonds is 4. The van der Waals surface area contributed by atoms with Gasteiger partial charge in [0.1, 0.15) is 0 Å². The lowest BCUT2D eigenvalue weighted by molar-refractivity contribution is 0.387. The Bertz CT molecular complexity index is 625. The zero-order valence-corrected chi connectivity index (χ0v) is 12.1. The van der Waals surface area contributed by atoms with E-state index in [-0.39, 0.29) is 5.82 Å². The van der Waals surface area contributed by atoms with Crippen molar-refractivity contribution in [2.24, 2.45) is 0 Å². The lowest BCUT2D eigenvalue weighted by atomic mass is 10.4. The predicted molar refractivity (Wildman–Crippen MR) is 74.6 cm³/mol. The highest BCUT2D eigenvalue weighted by molar-refractivity contribution is 5.45. The van der Waals surface area contributed by atoms with Gasteiger partial charge in [-0.3, -0.25) is 0 Å². The van der Waals surface area contributed by atoms with Crippen LogP contribution in [-0.4, -0.2) is 40.2 Å². The largest absolute Gasteiger partial charge is 0.354 e. The van der Waals surface area contributed by atoms with Crippen LogP contribution < -0.4 is 9.80 Å². The Hall–Kier alpha value is -2.25. The number of aromatic nitrogens is 4. The SMILES string of the molecule is Cc1nc(CN(C)c2ncc(F)c(N3CCCC3)n2)no1. The fourth-order valence-electron chi connectivity index (χ4n) is 2.37. The van der Waals surface area contributed by atoms with E-state index >= 15 is 0 Å². The molecule has 0 bridgehead atoms. The molecule has 0 radical (unpaired) electrons. The Morgan fingerprint density at radius 1 is 1.33 bits per heavy atom. The summed E-state index contributed by atoms with van der Waals surface area (Å²) in [5.41, 5.74) is 0. The molecule has 1 fully saturated rings. The summed E-state index contributed by atoms with van der Waals surface area (Å²) < 4.78 is 18.8. The molecular weight excluding hydrogens is 275 g/mol. The normalized spacial score (nSPS) is 14.7. The lowest BCUT2D eigenvalue weighted by Gasteiger charge is -2.20. The van der Waals surface area contributed by atoms with Crippen LogP contribution in [0.4, 0.5) is 16.2 Å². The average Bonchev–Trinajstić information content (AvgIpc) is 3.11. The van der Waals surface area contributed by atoms with Gasteiger partial charge in [-0.1, -0.05) is 5.16 Å². The van der Waals surface area contributed by atoms with E-state index in [1.54, 1.807) is 11.8 Å². The molecule has 0 aliphatic carbocycles. The van der Waals surface area contributed by atoms with Crippen LogP contribution in [0.2, 0.25) is 0 Å². The van der Waals surface area contributed by atoms with Crippen molar-refractivity contribution in [3.8, 4) is 0 Å². The Morgan fingerprint density at radius 3 is 2.76 bits per heavy atom. The molecule has 1 saturated heterocycles. The third-order valence-corrected chi connectivity index (χ3v) is 3.41. The van der Waals surface area contributed by atoms with Gasteiger partial charge in [0.15, 0.2) is 17.5 Å². The highest BCUT2D eigenvalue weighted by Gasteiger charge is 2.20. The first-order chi connectivity index (χ1) is 10.1. The molecule has 1 aliphatic heterocycles. The molecule has 3 heterocycles. The van der Waals surface area contributed by atoms with E-state index in [1.165, 1.54) is 6.20 Å². The monoisotopic (exact) mass is 292 g/mol. The van der Waals surface area contributed by atoms with Crippen molar-refractivity contribution >= 4 is 11.8 Å². The second-order valence-electron chi connectivity index (χ2n) is 5.12. The third-order valence-electron chi connectivity index (χ3n) is 3.41. The molecular formula is C13H17FN6O. The lowest BCUT2D eigenvalue weighted by Crippen LogP contribution is -2.24. The first kappa shape index (κ1) is 13.7. The number of hydrogen-bond acceptors (Lipinski definition) is 7. The summed E-state index contributed by atoms with van der Waals surface area (Å²) in [4.78, 5) is 16.2. The fraction of sp³-hybridized carbons (Fsp3) is 0.538. The number of aryl methyl sites for hydroxylation is 1. The maximum Gasteiger partial charge on any atom is 0.227 e. The Balaban J connectivity index is 1.79. The van der Waals surface area contributed by atoms with Crippen LogP contribution in [-0.2, 0) is 6.54 Å². The predicted octanol–water partition coefficient (Wildman–Crippen LogP) is 1.54. The quantitative estimate of drug-likeness (QED) is 0.846. The van der Waals surface area contributed by atoms with Crippen LogP contribution in [0, 0.1) is 12.7 Å². The number of hydrogen-bond donors (Lipinski definition) is 0. The fourth-order valence-corrected chi connectivity index (χ4v) is 2.37. The molecule has 0 saturated carbocycles. The van der Waals surface area contributed by atoms with Gasteiger partial charge in [-0.25, -0.2) is 9.37 Å². The molecule has 0 aromatic carbocycles. The Kier molecular flexibility index (Phi) is 3.68. The molecule has 8 heteroatoms. The Morgan fingerprint density at radius 2 is 2.10 bits per heavy atom. The molecule has 0 amide bonds. The summed E-state index contributed by atoms with van der Waals surface area (Å²) in [5, 5.41) is 3.83. The molecule has 2 aromatic heterocycles. The Labute approximate surface area is 121 Å². The van der Waals surface area contributed by atoms with Crippen molar-refractivity contribution < 1.29 is 8.91 Å². The van der Waals surface area contributed by atoms with E-state index in [1.807, 2.05) is 11.9 Å². The molecule has 7 nitrogen and oxygen atoms in total. The van der Waals surface area contributed by atoms with Crippen molar-refractivity contribution in [1.29, 1.82) is 0 Å². The van der Waals surface area contributed by atoms with Gasteiger partial charge in [-0.05, 0) is 12.8 Å². The van der Waals surface area contributed by atoms with E-state index < -0.39 is 0 Å². The minimum Gasteiger partial charge on any atom is -0.354 e. The molecule has 0 N–H and O–H groups in total. The summed E-state index contributed by atoms with van der Waals surface area (Å²) in [6, 6.07) is 0. The molecule has 0 atom stereocenters. The summed E-state index contributed by atoms with van der Waals surface area (Å²) in [6.07, 6.45) is 3.35. The first-order valence-corrected chi connectivity index (χ1v) is 6.91. The smallest absolute Gasteiger partial charge is 0.227 e. The molecule has 0 spiro atoms. The van der Waals surface area contributed by atoms with Gasteiger partial charge in [0.25, 0.3) is 0 Å². The zero-order valence-electron chi connectivity index (χ0n) is 12.1. The molecule has 2 aromatic rings. The van der Waals surface area contributed by atoms with Crippen LogP contribution in [0.1, 0.15) is 24.6 Å². The summed E-state index contributed by atoms with van der Waals surface area (Å²) in [7, 11) is 1.81. The number of halogens is 1. The van der Waals surface area contributed by atoms with Crippen molar-refractivity contribution in [1.82, 2.24) is 20.1 Å². The van der Waals surface area contributed by atoms with E-state index in [2.05, 4.69) is 20.1 Å². The third kappa shape index (κ3) is 2.93. The topological polar surface area (TPSA) is 71.2 Å². The molecule has 0 unspecified atom stereocenters. The van der Waals surface area contributed by atoms with E-state index in [4.69, 9.17) is 4.52 Å². The van der Waals surface area contributed by atoms with Crippen molar-refractivity contribution in [3.05, 3.63) is 23.7 Å². The average molecular weight is 292 g/mol. The van der Waals surface area contributed by atoms with Crippen LogP contribution in [0.5, 0.6) is 0 Å². The first-order valence-electron chi connectivity index (χ1n) is 6.91. The van der Waals surface area contributed by atoms with Crippen LogP contribution in [0.15, 0.2) is 10.7 Å². The van der Waals surface area contributed by atoms with Crippen LogP contribution in [0.25, 0.3) is 0 Å². The standard InChI is InChI=1S/C13H17FN6O/c1-9-16-11(18-21-9)8-19(2)13-15-7-10(14)12(17-13)20-5-3-4-6-20/h7H,3-6,8H2,1-2H3. The second kappa shape index (κ2) is 5.63.